The molecule has 2 aliphatic heterocycles. The molecule has 1 fully saturated rings. The van der Waals surface area contributed by atoms with Crippen LogP contribution in [0.3, 0.4) is 0 Å². The monoisotopic (exact) mass is 339 g/mol. The van der Waals surface area contributed by atoms with E-state index in [1.54, 1.807) is 0 Å². The van der Waals surface area contributed by atoms with E-state index in [0.717, 1.165) is 51.4 Å². The van der Waals surface area contributed by atoms with Gasteiger partial charge in [0.15, 0.2) is 5.69 Å². The van der Waals surface area contributed by atoms with Crippen LogP contribution in [0.2, 0.25) is 0 Å². The fraction of sp³-hybridized carbons (Fsp3) is 0.474. The molecule has 0 saturated carbocycles. The maximum Gasteiger partial charge on any atom is 0.274 e. The molecule has 2 aliphatic rings. The quantitative estimate of drug-likeness (QED) is 0.846. The van der Waals surface area contributed by atoms with E-state index >= 15 is 0 Å². The number of hydrogen-bond acceptors (Lipinski definition) is 4. The number of benzene rings is 1. The average Bonchev–Trinajstić information content (AvgIpc) is 3.16. The van der Waals surface area contributed by atoms with Gasteiger partial charge in [0.05, 0.1) is 5.69 Å². The molecule has 1 amide bonds. The molecule has 0 spiro atoms. The molecule has 3 heterocycles. The second-order valence-electron chi connectivity index (χ2n) is 7.12. The third-order valence-electron chi connectivity index (χ3n) is 5.27. The molecule has 6 heteroatoms. The minimum atomic E-state index is 0.0894. The Balaban J connectivity index is 1.50. The Morgan fingerprint density at radius 3 is 2.48 bits per heavy atom. The van der Waals surface area contributed by atoms with Gasteiger partial charge in [-0.3, -0.25) is 14.4 Å². The number of likely N-dealkylation sites (N-methyl/N-ethyl adjacent to an activating group) is 1. The highest BCUT2D eigenvalue weighted by Gasteiger charge is 2.32. The first kappa shape index (κ1) is 16.3. The number of hydrogen-bond donors (Lipinski definition) is 0. The molecule has 0 bridgehead atoms. The molecular weight excluding hydrogens is 314 g/mol. The largest absolute Gasteiger partial charge is 0.335 e. The fourth-order valence-electron chi connectivity index (χ4n) is 3.74. The molecule has 0 aliphatic carbocycles. The van der Waals surface area contributed by atoms with Crippen molar-refractivity contribution >= 4 is 5.91 Å². The van der Waals surface area contributed by atoms with Gasteiger partial charge < -0.3 is 9.80 Å². The van der Waals surface area contributed by atoms with Gasteiger partial charge >= 0.3 is 0 Å². The minimum Gasteiger partial charge on any atom is -0.335 e. The first-order chi connectivity index (χ1) is 12.1. The Hall–Kier alpha value is -2.18. The molecule has 25 heavy (non-hydrogen) atoms. The van der Waals surface area contributed by atoms with Gasteiger partial charge in [-0.05, 0) is 12.6 Å². The molecule has 2 aromatic rings. The van der Waals surface area contributed by atoms with Gasteiger partial charge in [-0.1, -0.05) is 30.3 Å². The van der Waals surface area contributed by atoms with E-state index in [1.807, 2.05) is 22.7 Å². The molecule has 1 aromatic carbocycles. The maximum atomic E-state index is 13.0. The molecular formula is C19H25N5O. The number of fused-ring (bicyclic) bond motifs is 1. The maximum absolute atomic E-state index is 13.0. The van der Waals surface area contributed by atoms with E-state index in [4.69, 9.17) is 0 Å². The molecule has 1 saturated heterocycles. The number of piperazine rings is 1. The Morgan fingerprint density at radius 2 is 1.76 bits per heavy atom. The van der Waals surface area contributed by atoms with Crippen LogP contribution in [0.1, 0.15) is 27.3 Å². The highest BCUT2D eigenvalue weighted by Crippen LogP contribution is 2.27. The lowest BCUT2D eigenvalue weighted by Crippen LogP contribution is -2.47. The minimum absolute atomic E-state index is 0.0894. The number of rotatable bonds is 3. The van der Waals surface area contributed by atoms with Crippen LogP contribution in [-0.4, -0.2) is 63.6 Å². The van der Waals surface area contributed by atoms with Gasteiger partial charge in [-0.15, -0.1) is 0 Å². The molecule has 0 radical (unpaired) electrons. The second-order valence-corrected chi connectivity index (χ2v) is 7.12. The van der Waals surface area contributed by atoms with Crippen LogP contribution >= 0.6 is 0 Å². The fourth-order valence-corrected chi connectivity index (χ4v) is 3.74. The predicted octanol–water partition coefficient (Wildman–Crippen LogP) is 1.32. The van der Waals surface area contributed by atoms with Crippen LogP contribution in [-0.2, 0) is 26.7 Å². The van der Waals surface area contributed by atoms with E-state index in [2.05, 4.69) is 46.2 Å². The van der Waals surface area contributed by atoms with Crippen LogP contribution in [0.5, 0.6) is 0 Å². The van der Waals surface area contributed by atoms with Crippen molar-refractivity contribution in [1.29, 1.82) is 0 Å². The van der Waals surface area contributed by atoms with Gasteiger partial charge in [-0.25, -0.2) is 0 Å². The van der Waals surface area contributed by atoms with Crippen molar-refractivity contribution in [2.75, 3.05) is 33.2 Å². The molecule has 0 atom stereocenters. The van der Waals surface area contributed by atoms with Crippen molar-refractivity contribution in [2.45, 2.75) is 19.6 Å². The van der Waals surface area contributed by atoms with E-state index in [-0.39, 0.29) is 5.91 Å². The van der Waals surface area contributed by atoms with E-state index in [1.165, 1.54) is 11.3 Å². The van der Waals surface area contributed by atoms with Crippen LogP contribution in [0.15, 0.2) is 30.3 Å². The standard InChI is InChI=1S/C19H25N5O/c1-21-8-10-24(11-9-21)19(25)18-16-13-23(14-17(16)22(2)20-18)12-15-6-4-3-5-7-15/h3-7H,8-14H2,1-2H3. The van der Waals surface area contributed by atoms with Crippen molar-refractivity contribution in [3.8, 4) is 0 Å². The van der Waals surface area contributed by atoms with E-state index in [0.29, 0.717) is 5.69 Å². The summed E-state index contributed by atoms with van der Waals surface area (Å²) in [7, 11) is 4.05. The molecule has 4 rings (SSSR count). The van der Waals surface area contributed by atoms with E-state index in [9.17, 15) is 4.79 Å². The van der Waals surface area contributed by atoms with Crippen LogP contribution in [0.4, 0.5) is 0 Å². The van der Waals surface area contributed by atoms with Gasteiger partial charge in [0.2, 0.25) is 0 Å². The summed E-state index contributed by atoms with van der Waals surface area (Å²) in [5.74, 6) is 0.0894. The number of carbonyl (C=O) groups excluding carboxylic acids is 1. The zero-order chi connectivity index (χ0) is 17.4. The van der Waals surface area contributed by atoms with Gasteiger partial charge in [-0.2, -0.15) is 5.10 Å². The highest BCUT2D eigenvalue weighted by atomic mass is 16.2. The van der Waals surface area contributed by atoms with Crippen molar-refractivity contribution in [2.24, 2.45) is 7.05 Å². The van der Waals surface area contributed by atoms with Gasteiger partial charge in [0.1, 0.15) is 0 Å². The summed E-state index contributed by atoms with van der Waals surface area (Å²) in [4.78, 5) is 19.5. The first-order valence-corrected chi connectivity index (χ1v) is 8.90. The van der Waals surface area contributed by atoms with Gasteiger partial charge in [0.25, 0.3) is 5.91 Å². The summed E-state index contributed by atoms with van der Waals surface area (Å²) in [5, 5.41) is 4.55. The predicted molar refractivity (Wildman–Crippen MR) is 96.0 cm³/mol. The van der Waals surface area contributed by atoms with E-state index < -0.39 is 0 Å². The lowest BCUT2D eigenvalue weighted by Gasteiger charge is -2.32. The first-order valence-electron chi connectivity index (χ1n) is 8.90. The summed E-state index contributed by atoms with van der Waals surface area (Å²) < 4.78 is 1.89. The normalized spacial score (nSPS) is 18.6. The van der Waals surface area contributed by atoms with Gasteiger partial charge in [0, 0.05) is 58.4 Å². The second kappa shape index (κ2) is 6.61. The highest BCUT2D eigenvalue weighted by molar-refractivity contribution is 5.94. The average molecular weight is 339 g/mol. The number of nitrogens with zero attached hydrogens (tertiary/aromatic N) is 5. The summed E-state index contributed by atoms with van der Waals surface area (Å²) in [5.41, 5.74) is 4.24. The number of amides is 1. The van der Waals surface area contributed by atoms with Crippen LogP contribution in [0.25, 0.3) is 0 Å². The van der Waals surface area contributed by atoms with Crippen molar-refractivity contribution < 1.29 is 4.79 Å². The Labute approximate surface area is 148 Å². The number of aromatic nitrogens is 2. The third-order valence-corrected chi connectivity index (χ3v) is 5.27. The Kier molecular flexibility index (Phi) is 4.31. The van der Waals surface area contributed by atoms with Crippen molar-refractivity contribution in [3.05, 3.63) is 52.8 Å². The number of carbonyl (C=O) groups is 1. The zero-order valence-corrected chi connectivity index (χ0v) is 15.0. The third kappa shape index (κ3) is 3.19. The SMILES string of the molecule is CN1CCN(C(=O)c2nn(C)c3c2CN(Cc2ccccc2)C3)CC1. The Bertz CT molecular complexity index is 762. The Morgan fingerprint density at radius 1 is 1.04 bits per heavy atom. The zero-order valence-electron chi connectivity index (χ0n) is 15.0. The summed E-state index contributed by atoms with van der Waals surface area (Å²) >= 11 is 0. The summed E-state index contributed by atoms with van der Waals surface area (Å²) in [6.45, 7) is 5.99. The summed E-state index contributed by atoms with van der Waals surface area (Å²) in [6, 6.07) is 10.5. The topological polar surface area (TPSA) is 44.6 Å². The smallest absolute Gasteiger partial charge is 0.274 e. The molecule has 0 unspecified atom stereocenters. The molecule has 132 valence electrons. The van der Waals surface area contributed by atoms with Crippen molar-refractivity contribution in [3.63, 3.8) is 0 Å². The lowest BCUT2D eigenvalue weighted by atomic mass is 10.2. The molecule has 1 aromatic heterocycles. The van der Waals surface area contributed by atoms with Crippen LogP contribution in [0, 0.1) is 0 Å². The lowest BCUT2D eigenvalue weighted by molar-refractivity contribution is 0.0655. The van der Waals surface area contributed by atoms with Crippen molar-refractivity contribution in [1.82, 2.24) is 24.5 Å². The molecule has 0 N–H and O–H groups in total. The van der Waals surface area contributed by atoms with Crippen LogP contribution < -0.4 is 0 Å². The summed E-state index contributed by atoms with van der Waals surface area (Å²) in [6.07, 6.45) is 0. The number of aryl methyl sites for hydroxylation is 1. The molecule has 6 nitrogen and oxygen atoms in total.